The Balaban J connectivity index is 1.57. The molecule has 2 atom stereocenters. The Labute approximate surface area is 226 Å². The van der Waals surface area contributed by atoms with Gasteiger partial charge in [-0.25, -0.2) is 4.79 Å². The van der Waals surface area contributed by atoms with Crippen LogP contribution in [0.2, 0.25) is 0 Å². The molecular formula is C30H32BrNO5. The quantitative estimate of drug-likeness (QED) is 0.413. The van der Waals surface area contributed by atoms with Gasteiger partial charge in [-0.1, -0.05) is 24.3 Å². The van der Waals surface area contributed by atoms with Gasteiger partial charge in [-0.3, -0.25) is 4.79 Å². The maximum atomic E-state index is 13.9. The molecular weight excluding hydrogens is 534 g/mol. The van der Waals surface area contributed by atoms with Crippen LogP contribution in [0, 0.1) is 0 Å². The predicted octanol–water partition coefficient (Wildman–Crippen LogP) is 6.31. The first-order chi connectivity index (χ1) is 17.9. The zero-order valence-electron chi connectivity index (χ0n) is 21.4. The minimum atomic E-state index is -0.515. The first-order valence-electron chi connectivity index (χ1n) is 12.8. The molecule has 1 N–H and O–H groups in total. The third-order valence-corrected chi connectivity index (χ3v) is 8.33. The molecule has 0 bridgehead atoms. The van der Waals surface area contributed by atoms with Crippen molar-refractivity contribution in [2.45, 2.75) is 63.4 Å². The van der Waals surface area contributed by atoms with E-state index in [9.17, 15) is 9.59 Å². The average Bonchev–Trinajstić information content (AvgIpc) is 3.40. The van der Waals surface area contributed by atoms with Crippen LogP contribution >= 0.6 is 15.9 Å². The summed E-state index contributed by atoms with van der Waals surface area (Å²) in [7, 11) is 3.27. The summed E-state index contributed by atoms with van der Waals surface area (Å²) in [5, 5.41) is 3.44. The third kappa shape index (κ3) is 4.93. The van der Waals surface area contributed by atoms with Crippen molar-refractivity contribution in [1.82, 2.24) is 5.32 Å². The molecule has 2 aromatic carbocycles. The van der Waals surface area contributed by atoms with E-state index < -0.39 is 5.92 Å². The zero-order chi connectivity index (χ0) is 26.1. The Bertz CT molecular complexity index is 1290. The van der Waals surface area contributed by atoms with Gasteiger partial charge in [0.05, 0.1) is 24.3 Å². The molecule has 0 unspecified atom stereocenters. The van der Waals surface area contributed by atoms with Crippen LogP contribution in [0.25, 0.3) is 0 Å². The van der Waals surface area contributed by atoms with E-state index in [0.717, 1.165) is 58.4 Å². The van der Waals surface area contributed by atoms with Gasteiger partial charge in [0.25, 0.3) is 0 Å². The van der Waals surface area contributed by atoms with Crippen LogP contribution in [0.4, 0.5) is 0 Å². The number of hydrogen-bond acceptors (Lipinski definition) is 6. The number of rotatable bonds is 6. The predicted molar refractivity (Wildman–Crippen MR) is 145 cm³/mol. The second-order valence-electron chi connectivity index (χ2n) is 9.96. The third-order valence-electron chi connectivity index (χ3n) is 7.71. The van der Waals surface area contributed by atoms with Crippen LogP contribution in [-0.4, -0.2) is 32.1 Å². The van der Waals surface area contributed by atoms with Crippen molar-refractivity contribution in [3.05, 3.63) is 80.6 Å². The maximum Gasteiger partial charge on any atom is 0.337 e. The van der Waals surface area contributed by atoms with Gasteiger partial charge in [0.1, 0.15) is 17.6 Å². The molecule has 1 fully saturated rings. The maximum absolute atomic E-state index is 13.9. The standard InChI is InChI=1S/C30H32BrNO5/c1-17-27(30(34)37-20-8-4-5-9-20)28(18-12-13-26(36-3)22(31)14-18)29-23(32-17)15-19(16-24(29)33)21-10-6-7-11-25(21)35-2/h6-7,10-14,19-20,28,32H,4-5,8-9,15-16H2,1-3H3/t19-,28-/m0/s1. The molecule has 1 aliphatic heterocycles. The molecule has 6 nitrogen and oxygen atoms in total. The van der Waals surface area contributed by atoms with Gasteiger partial charge in [0.2, 0.25) is 0 Å². The number of carbonyl (C=O) groups excluding carboxylic acids is 2. The first kappa shape index (κ1) is 25.6. The number of esters is 1. The molecule has 2 aliphatic carbocycles. The minimum absolute atomic E-state index is 0.0158. The van der Waals surface area contributed by atoms with Crippen molar-refractivity contribution >= 4 is 27.7 Å². The van der Waals surface area contributed by atoms with Crippen LogP contribution in [-0.2, 0) is 14.3 Å². The molecule has 0 radical (unpaired) electrons. The molecule has 0 amide bonds. The summed E-state index contributed by atoms with van der Waals surface area (Å²) in [5.74, 6) is 0.620. The van der Waals surface area contributed by atoms with Crippen molar-refractivity contribution in [3.8, 4) is 11.5 Å². The van der Waals surface area contributed by atoms with Gasteiger partial charge >= 0.3 is 5.97 Å². The molecule has 1 saturated carbocycles. The summed E-state index contributed by atoms with van der Waals surface area (Å²) in [4.78, 5) is 27.5. The van der Waals surface area contributed by atoms with Gasteiger partial charge in [-0.2, -0.15) is 0 Å². The summed E-state index contributed by atoms with van der Waals surface area (Å²) >= 11 is 3.59. The number of nitrogens with one attached hydrogen (secondary N) is 1. The molecule has 194 valence electrons. The van der Waals surface area contributed by atoms with E-state index in [4.69, 9.17) is 14.2 Å². The second kappa shape index (κ2) is 10.7. The molecule has 0 saturated heterocycles. The molecule has 5 rings (SSSR count). The van der Waals surface area contributed by atoms with Crippen LogP contribution in [0.5, 0.6) is 11.5 Å². The van der Waals surface area contributed by atoms with E-state index in [0.29, 0.717) is 29.7 Å². The normalized spacial score (nSPS) is 22.0. The summed E-state index contributed by atoms with van der Waals surface area (Å²) in [5.41, 5.74) is 4.61. The smallest absolute Gasteiger partial charge is 0.337 e. The van der Waals surface area contributed by atoms with Gasteiger partial charge in [0.15, 0.2) is 5.78 Å². The van der Waals surface area contributed by atoms with E-state index >= 15 is 0 Å². The summed E-state index contributed by atoms with van der Waals surface area (Å²) < 4.78 is 17.8. The van der Waals surface area contributed by atoms with Crippen molar-refractivity contribution in [2.24, 2.45) is 0 Å². The van der Waals surface area contributed by atoms with Gasteiger partial charge in [-0.05, 0) is 84.3 Å². The zero-order valence-corrected chi connectivity index (χ0v) is 23.0. The highest BCUT2D eigenvalue weighted by Gasteiger charge is 2.42. The van der Waals surface area contributed by atoms with Crippen LogP contribution < -0.4 is 14.8 Å². The number of carbonyl (C=O) groups is 2. The fourth-order valence-electron chi connectivity index (χ4n) is 5.95. The Morgan fingerprint density at radius 1 is 1.00 bits per heavy atom. The molecule has 7 heteroatoms. The lowest BCUT2D eigenvalue weighted by Crippen LogP contribution is -2.36. The van der Waals surface area contributed by atoms with E-state index in [1.54, 1.807) is 14.2 Å². The number of Topliss-reactive ketones (excluding diaryl/α,β-unsaturated/α-hetero) is 1. The number of para-hydroxylation sites is 1. The van der Waals surface area contributed by atoms with Gasteiger partial charge < -0.3 is 19.5 Å². The highest BCUT2D eigenvalue weighted by Crippen LogP contribution is 2.48. The van der Waals surface area contributed by atoms with E-state index in [1.165, 1.54) is 0 Å². The van der Waals surface area contributed by atoms with Gasteiger partial charge in [-0.15, -0.1) is 0 Å². The summed E-state index contributed by atoms with van der Waals surface area (Å²) in [6.07, 6.45) is 4.84. The number of dihydropyridines is 1. The highest BCUT2D eigenvalue weighted by molar-refractivity contribution is 9.10. The molecule has 0 aromatic heterocycles. The fourth-order valence-corrected chi connectivity index (χ4v) is 6.51. The Morgan fingerprint density at radius 3 is 2.43 bits per heavy atom. The van der Waals surface area contributed by atoms with E-state index in [2.05, 4.69) is 21.2 Å². The van der Waals surface area contributed by atoms with Crippen molar-refractivity contribution in [1.29, 1.82) is 0 Å². The average molecular weight is 566 g/mol. The second-order valence-corrected chi connectivity index (χ2v) is 10.8. The lowest BCUT2D eigenvalue weighted by Gasteiger charge is -2.37. The molecule has 2 aromatic rings. The molecule has 3 aliphatic rings. The minimum Gasteiger partial charge on any atom is -0.496 e. The largest absolute Gasteiger partial charge is 0.496 e. The summed E-state index contributed by atoms with van der Waals surface area (Å²) in [6.45, 7) is 1.90. The Morgan fingerprint density at radius 2 is 1.73 bits per heavy atom. The van der Waals surface area contributed by atoms with Crippen LogP contribution in [0.3, 0.4) is 0 Å². The number of methoxy groups -OCH3 is 2. The number of ketones is 1. The number of ether oxygens (including phenoxy) is 3. The van der Waals surface area contributed by atoms with Crippen molar-refractivity contribution in [3.63, 3.8) is 0 Å². The van der Waals surface area contributed by atoms with Crippen molar-refractivity contribution in [2.75, 3.05) is 14.2 Å². The van der Waals surface area contributed by atoms with Crippen LogP contribution in [0.15, 0.2) is 69.5 Å². The molecule has 1 heterocycles. The SMILES string of the molecule is COc1ccc([C@H]2C(C(=O)OC3CCCC3)=C(C)NC3=C2C(=O)C[C@@H](c2ccccc2OC)C3)cc1Br. The van der Waals surface area contributed by atoms with E-state index in [1.807, 2.05) is 49.4 Å². The van der Waals surface area contributed by atoms with Crippen molar-refractivity contribution < 1.29 is 23.8 Å². The molecule has 37 heavy (non-hydrogen) atoms. The molecule has 0 spiro atoms. The Hall–Kier alpha value is -3.06. The number of allylic oxidation sites excluding steroid dienone is 3. The van der Waals surface area contributed by atoms with Gasteiger partial charge in [0, 0.05) is 35.2 Å². The summed E-state index contributed by atoms with van der Waals surface area (Å²) in [6, 6.07) is 13.6. The van der Waals surface area contributed by atoms with Crippen LogP contribution in [0.1, 0.15) is 68.4 Å². The number of halogens is 1. The number of hydrogen-bond donors (Lipinski definition) is 1. The monoisotopic (exact) mass is 565 g/mol. The number of benzene rings is 2. The topological polar surface area (TPSA) is 73.9 Å². The lowest BCUT2D eigenvalue weighted by molar-refractivity contribution is -0.144. The fraction of sp³-hybridized carbons (Fsp3) is 0.400. The first-order valence-corrected chi connectivity index (χ1v) is 13.6. The lowest BCUT2D eigenvalue weighted by atomic mass is 9.71. The highest BCUT2D eigenvalue weighted by atomic mass is 79.9. The Kier molecular flexibility index (Phi) is 7.43. The van der Waals surface area contributed by atoms with E-state index in [-0.39, 0.29) is 23.8 Å².